The maximum Gasteiger partial charge on any atom is 0.224 e. The van der Waals surface area contributed by atoms with Crippen LogP contribution in [-0.4, -0.2) is 63.7 Å². The summed E-state index contributed by atoms with van der Waals surface area (Å²) in [6.07, 6.45) is 2.87. The molecule has 0 spiro atoms. The van der Waals surface area contributed by atoms with Gasteiger partial charge in [-0.15, -0.1) is 0 Å². The summed E-state index contributed by atoms with van der Waals surface area (Å²) in [4.78, 5) is 18.2. The Kier molecular flexibility index (Phi) is 8.02. The molecule has 6 heteroatoms. The second-order valence-corrected chi connectivity index (χ2v) is 5.26. The predicted molar refractivity (Wildman–Crippen MR) is 80.8 cm³/mol. The highest BCUT2D eigenvalue weighted by atomic mass is 16.5. The topological polar surface area (TPSA) is 66.0 Å². The van der Waals surface area contributed by atoms with E-state index in [1.807, 2.05) is 4.90 Å². The van der Waals surface area contributed by atoms with Gasteiger partial charge in [-0.3, -0.25) is 9.79 Å². The van der Waals surface area contributed by atoms with Gasteiger partial charge in [-0.25, -0.2) is 0 Å². The molecule has 1 heterocycles. The molecule has 0 aromatic carbocycles. The number of amides is 1. The third-order valence-corrected chi connectivity index (χ3v) is 3.46. The Morgan fingerprint density at radius 2 is 2.15 bits per heavy atom. The fraction of sp³-hybridized carbons (Fsp3) is 0.857. The fourth-order valence-corrected chi connectivity index (χ4v) is 2.35. The van der Waals surface area contributed by atoms with E-state index in [9.17, 15) is 4.79 Å². The summed E-state index contributed by atoms with van der Waals surface area (Å²) in [5.41, 5.74) is 0. The third kappa shape index (κ3) is 6.23. The molecular formula is C14H28N4O2. The lowest BCUT2D eigenvalue weighted by Crippen LogP contribution is -2.43. The highest BCUT2D eigenvalue weighted by molar-refractivity contribution is 5.81. The van der Waals surface area contributed by atoms with Gasteiger partial charge in [0.1, 0.15) is 0 Å². The van der Waals surface area contributed by atoms with Gasteiger partial charge in [-0.05, 0) is 18.8 Å². The second kappa shape index (κ2) is 9.58. The Morgan fingerprint density at radius 1 is 1.40 bits per heavy atom. The molecule has 116 valence electrons. The van der Waals surface area contributed by atoms with Crippen molar-refractivity contribution in [3.8, 4) is 0 Å². The largest absolute Gasteiger partial charge is 0.383 e. The van der Waals surface area contributed by atoms with Crippen molar-refractivity contribution >= 4 is 11.9 Å². The number of nitrogens with one attached hydrogen (secondary N) is 2. The molecule has 2 N–H and O–H groups in total. The van der Waals surface area contributed by atoms with E-state index in [4.69, 9.17) is 4.74 Å². The average Bonchev–Trinajstić information content (AvgIpc) is 2.45. The van der Waals surface area contributed by atoms with Gasteiger partial charge < -0.3 is 20.3 Å². The van der Waals surface area contributed by atoms with Crippen molar-refractivity contribution < 1.29 is 9.53 Å². The number of methoxy groups -OCH3 is 1. The van der Waals surface area contributed by atoms with Crippen LogP contribution in [-0.2, 0) is 9.53 Å². The van der Waals surface area contributed by atoms with Crippen LogP contribution >= 0.6 is 0 Å². The Morgan fingerprint density at radius 3 is 2.80 bits per heavy atom. The normalized spacial score (nSPS) is 19.9. The quantitative estimate of drug-likeness (QED) is 0.422. The first-order valence-corrected chi connectivity index (χ1v) is 7.38. The van der Waals surface area contributed by atoms with E-state index in [2.05, 4.69) is 22.5 Å². The monoisotopic (exact) mass is 284 g/mol. The number of piperidine rings is 1. The molecule has 0 radical (unpaired) electrons. The molecule has 0 aliphatic carbocycles. The molecule has 0 aromatic heterocycles. The van der Waals surface area contributed by atoms with Crippen LogP contribution in [0.3, 0.4) is 0 Å². The van der Waals surface area contributed by atoms with Gasteiger partial charge in [0.2, 0.25) is 5.91 Å². The lowest BCUT2D eigenvalue weighted by molar-refractivity contribution is -0.132. The zero-order valence-corrected chi connectivity index (χ0v) is 12.9. The van der Waals surface area contributed by atoms with Crippen LogP contribution in [0.1, 0.15) is 26.2 Å². The first-order chi connectivity index (χ1) is 9.67. The van der Waals surface area contributed by atoms with Gasteiger partial charge in [-0.2, -0.15) is 0 Å². The third-order valence-electron chi connectivity index (χ3n) is 3.46. The van der Waals surface area contributed by atoms with Crippen LogP contribution in [0.15, 0.2) is 4.99 Å². The Balaban J connectivity index is 2.20. The lowest BCUT2D eigenvalue weighted by Gasteiger charge is -2.31. The van der Waals surface area contributed by atoms with Crippen LogP contribution in [0, 0.1) is 5.92 Å². The fourth-order valence-electron chi connectivity index (χ4n) is 2.35. The van der Waals surface area contributed by atoms with Gasteiger partial charge in [0.25, 0.3) is 0 Å². The second-order valence-electron chi connectivity index (χ2n) is 5.26. The van der Waals surface area contributed by atoms with Gasteiger partial charge >= 0.3 is 0 Å². The smallest absolute Gasteiger partial charge is 0.224 e. The van der Waals surface area contributed by atoms with Gasteiger partial charge in [0, 0.05) is 46.8 Å². The summed E-state index contributed by atoms with van der Waals surface area (Å²) < 4.78 is 4.96. The molecule has 1 amide bonds. The number of carbonyl (C=O) groups is 1. The summed E-state index contributed by atoms with van der Waals surface area (Å²) in [7, 11) is 3.38. The number of carbonyl (C=O) groups excluding carboxylic acids is 1. The lowest BCUT2D eigenvalue weighted by atomic mass is 10.00. The van der Waals surface area contributed by atoms with Crippen molar-refractivity contribution in [2.45, 2.75) is 26.2 Å². The van der Waals surface area contributed by atoms with Crippen molar-refractivity contribution in [1.82, 2.24) is 15.5 Å². The standard InChI is InChI=1S/C14H28N4O2/c1-12-5-4-9-18(11-12)13(19)6-7-16-14(15-2)17-8-10-20-3/h12H,4-11H2,1-3H3,(H2,15,16,17). The van der Waals surface area contributed by atoms with Crippen LogP contribution in [0.2, 0.25) is 0 Å². The minimum Gasteiger partial charge on any atom is -0.383 e. The molecule has 1 aliphatic rings. The number of rotatable bonds is 6. The number of aliphatic imine (C=N–C) groups is 1. The van der Waals surface area contributed by atoms with E-state index in [1.165, 1.54) is 6.42 Å². The zero-order valence-electron chi connectivity index (χ0n) is 12.9. The molecule has 0 bridgehead atoms. The summed E-state index contributed by atoms with van der Waals surface area (Å²) >= 11 is 0. The molecule has 1 fully saturated rings. The molecule has 20 heavy (non-hydrogen) atoms. The molecule has 0 aromatic rings. The summed E-state index contributed by atoms with van der Waals surface area (Å²) in [6, 6.07) is 0. The number of hydrogen-bond donors (Lipinski definition) is 2. The molecule has 1 unspecified atom stereocenters. The zero-order chi connectivity index (χ0) is 14.8. The molecule has 1 atom stereocenters. The highest BCUT2D eigenvalue weighted by Gasteiger charge is 2.20. The molecule has 1 saturated heterocycles. The molecule has 0 saturated carbocycles. The van der Waals surface area contributed by atoms with Crippen molar-refractivity contribution in [2.75, 3.05) is 46.9 Å². The average molecular weight is 284 g/mol. The van der Waals surface area contributed by atoms with Crippen LogP contribution in [0.4, 0.5) is 0 Å². The van der Waals surface area contributed by atoms with Crippen LogP contribution < -0.4 is 10.6 Å². The van der Waals surface area contributed by atoms with E-state index < -0.39 is 0 Å². The molecule has 1 aliphatic heterocycles. The number of likely N-dealkylation sites (tertiary alicyclic amines) is 1. The maximum atomic E-state index is 12.1. The highest BCUT2D eigenvalue weighted by Crippen LogP contribution is 2.15. The van der Waals surface area contributed by atoms with Crippen molar-refractivity contribution in [1.29, 1.82) is 0 Å². The number of nitrogens with zero attached hydrogens (tertiary/aromatic N) is 2. The Hall–Kier alpha value is -1.30. The SMILES string of the molecule is CN=C(NCCOC)NCCC(=O)N1CCCC(C)C1. The maximum absolute atomic E-state index is 12.1. The van der Waals surface area contributed by atoms with Crippen LogP contribution in [0.5, 0.6) is 0 Å². The first kappa shape index (κ1) is 16.8. The minimum atomic E-state index is 0.233. The van der Waals surface area contributed by atoms with Crippen LogP contribution in [0.25, 0.3) is 0 Å². The van der Waals surface area contributed by atoms with E-state index in [0.717, 1.165) is 19.5 Å². The Bertz CT molecular complexity index is 320. The summed E-state index contributed by atoms with van der Waals surface area (Å²) in [6.45, 7) is 5.96. The number of guanidine groups is 1. The minimum absolute atomic E-state index is 0.233. The van der Waals surface area contributed by atoms with E-state index in [-0.39, 0.29) is 5.91 Å². The summed E-state index contributed by atoms with van der Waals surface area (Å²) in [5, 5.41) is 6.27. The van der Waals surface area contributed by atoms with Gasteiger partial charge in [-0.1, -0.05) is 6.92 Å². The van der Waals surface area contributed by atoms with E-state index in [1.54, 1.807) is 14.2 Å². The van der Waals surface area contributed by atoms with Gasteiger partial charge in [0.05, 0.1) is 6.61 Å². The van der Waals surface area contributed by atoms with Gasteiger partial charge in [0.15, 0.2) is 5.96 Å². The summed E-state index contributed by atoms with van der Waals surface area (Å²) in [5.74, 6) is 1.57. The predicted octanol–water partition coefficient (Wildman–Crippen LogP) is 0.446. The van der Waals surface area contributed by atoms with Crippen molar-refractivity contribution in [2.24, 2.45) is 10.9 Å². The van der Waals surface area contributed by atoms with E-state index in [0.29, 0.717) is 38.0 Å². The van der Waals surface area contributed by atoms with E-state index >= 15 is 0 Å². The molecular weight excluding hydrogens is 256 g/mol. The number of hydrogen-bond acceptors (Lipinski definition) is 3. The first-order valence-electron chi connectivity index (χ1n) is 7.38. The van der Waals surface area contributed by atoms with Crippen molar-refractivity contribution in [3.05, 3.63) is 0 Å². The number of ether oxygens (including phenoxy) is 1. The molecule has 1 rings (SSSR count). The van der Waals surface area contributed by atoms with Crippen molar-refractivity contribution in [3.63, 3.8) is 0 Å². The molecule has 6 nitrogen and oxygen atoms in total. The Labute approximate surface area is 122 Å².